The Balaban J connectivity index is 1.76. The molecule has 0 fully saturated rings. The maximum absolute atomic E-state index is 5.61. The van der Waals surface area contributed by atoms with Crippen molar-refractivity contribution in [1.29, 1.82) is 0 Å². The Bertz CT molecular complexity index is 676. The highest BCUT2D eigenvalue weighted by molar-refractivity contribution is 5.74. The summed E-state index contributed by atoms with van der Waals surface area (Å²) in [4.78, 5) is 8.57. The molecule has 1 aromatic carbocycles. The Kier molecular flexibility index (Phi) is 3.50. The summed E-state index contributed by atoms with van der Waals surface area (Å²) in [5, 5.41) is 3.15. The van der Waals surface area contributed by atoms with Crippen molar-refractivity contribution in [3.05, 3.63) is 48.2 Å². The minimum absolute atomic E-state index is 0.498. The predicted molar refractivity (Wildman–Crippen MR) is 76.7 cm³/mol. The van der Waals surface area contributed by atoms with E-state index in [-0.39, 0.29) is 0 Å². The molecule has 5 heteroatoms. The van der Waals surface area contributed by atoms with Crippen molar-refractivity contribution in [2.24, 2.45) is 0 Å². The van der Waals surface area contributed by atoms with Crippen molar-refractivity contribution in [3.8, 4) is 5.88 Å². The van der Waals surface area contributed by atoms with Gasteiger partial charge in [-0.1, -0.05) is 18.2 Å². The summed E-state index contributed by atoms with van der Waals surface area (Å²) in [6, 6.07) is 12.0. The molecular weight excluding hydrogens is 254 g/mol. The van der Waals surface area contributed by atoms with Crippen LogP contribution in [0.5, 0.6) is 5.88 Å². The lowest BCUT2D eigenvalue weighted by atomic mass is 10.3. The van der Waals surface area contributed by atoms with Crippen LogP contribution in [-0.4, -0.2) is 16.6 Å². The normalized spacial score (nSPS) is 10.7. The summed E-state index contributed by atoms with van der Waals surface area (Å²) in [7, 11) is 0. The highest BCUT2D eigenvalue weighted by Crippen LogP contribution is 2.20. The quantitative estimate of drug-likeness (QED) is 0.770. The van der Waals surface area contributed by atoms with Crippen LogP contribution in [0.3, 0.4) is 0 Å². The highest BCUT2D eigenvalue weighted by atomic mass is 16.5. The van der Waals surface area contributed by atoms with Crippen molar-refractivity contribution in [3.63, 3.8) is 0 Å². The molecule has 5 nitrogen and oxygen atoms in total. The molecule has 20 heavy (non-hydrogen) atoms. The molecule has 0 atom stereocenters. The zero-order chi connectivity index (χ0) is 13.8. The van der Waals surface area contributed by atoms with E-state index in [4.69, 9.17) is 9.15 Å². The van der Waals surface area contributed by atoms with Gasteiger partial charge in [0.15, 0.2) is 5.58 Å². The fourth-order valence-electron chi connectivity index (χ4n) is 1.94. The third-order valence-electron chi connectivity index (χ3n) is 2.85. The second kappa shape index (κ2) is 5.61. The van der Waals surface area contributed by atoms with E-state index < -0.39 is 0 Å². The number of aromatic nitrogens is 2. The summed E-state index contributed by atoms with van der Waals surface area (Å²) >= 11 is 0. The van der Waals surface area contributed by atoms with Gasteiger partial charge < -0.3 is 14.5 Å². The Morgan fingerprint density at radius 2 is 2.10 bits per heavy atom. The van der Waals surface area contributed by atoms with Gasteiger partial charge in [0.25, 0.3) is 6.01 Å². The monoisotopic (exact) mass is 269 g/mol. The third-order valence-corrected chi connectivity index (χ3v) is 2.85. The van der Waals surface area contributed by atoms with E-state index in [2.05, 4.69) is 15.3 Å². The van der Waals surface area contributed by atoms with E-state index in [1.165, 1.54) is 0 Å². The van der Waals surface area contributed by atoms with Crippen molar-refractivity contribution in [2.45, 2.75) is 13.5 Å². The van der Waals surface area contributed by atoms with Crippen molar-refractivity contribution < 1.29 is 9.15 Å². The van der Waals surface area contributed by atoms with Crippen LogP contribution in [0.2, 0.25) is 0 Å². The van der Waals surface area contributed by atoms with Gasteiger partial charge in [-0.2, -0.15) is 4.98 Å². The molecule has 0 amide bonds. The second-order valence-corrected chi connectivity index (χ2v) is 4.24. The zero-order valence-electron chi connectivity index (χ0n) is 11.2. The van der Waals surface area contributed by atoms with Crippen LogP contribution >= 0.6 is 0 Å². The van der Waals surface area contributed by atoms with E-state index in [1.807, 2.05) is 43.3 Å². The standard InChI is InChI=1S/C15H15N3O2/c1-2-19-14-11(6-5-9-16-14)10-17-15-18-12-7-3-4-8-13(12)20-15/h3-9H,2,10H2,1H3,(H,17,18). The molecule has 0 unspecified atom stereocenters. The maximum Gasteiger partial charge on any atom is 0.295 e. The Hall–Kier alpha value is -2.56. The molecule has 0 bridgehead atoms. The molecule has 2 heterocycles. The SMILES string of the molecule is CCOc1ncccc1CNc1nc2ccccc2o1. The number of para-hydroxylation sites is 2. The van der Waals surface area contributed by atoms with Crippen molar-refractivity contribution in [2.75, 3.05) is 11.9 Å². The Labute approximate surface area is 116 Å². The number of rotatable bonds is 5. The molecule has 0 aliphatic carbocycles. The summed E-state index contributed by atoms with van der Waals surface area (Å²) in [5.41, 5.74) is 2.58. The highest BCUT2D eigenvalue weighted by Gasteiger charge is 2.07. The van der Waals surface area contributed by atoms with Crippen LogP contribution in [0.1, 0.15) is 12.5 Å². The van der Waals surface area contributed by atoms with Crippen LogP contribution < -0.4 is 10.1 Å². The zero-order valence-corrected chi connectivity index (χ0v) is 11.2. The number of hydrogen-bond donors (Lipinski definition) is 1. The van der Waals surface area contributed by atoms with Crippen molar-refractivity contribution >= 4 is 17.1 Å². The summed E-state index contributed by atoms with van der Waals surface area (Å²) in [6.45, 7) is 3.08. The number of pyridine rings is 1. The first-order valence-electron chi connectivity index (χ1n) is 6.53. The van der Waals surface area contributed by atoms with Crippen LogP contribution in [-0.2, 0) is 6.54 Å². The van der Waals surface area contributed by atoms with Gasteiger partial charge >= 0.3 is 0 Å². The lowest BCUT2D eigenvalue weighted by Crippen LogP contribution is -2.04. The number of anilines is 1. The molecular formula is C15H15N3O2. The number of ether oxygens (including phenoxy) is 1. The molecule has 0 aliphatic rings. The number of nitrogens with one attached hydrogen (secondary N) is 1. The molecule has 3 rings (SSSR count). The van der Waals surface area contributed by atoms with Crippen molar-refractivity contribution in [1.82, 2.24) is 9.97 Å². The van der Waals surface area contributed by atoms with Gasteiger partial charge in [-0.3, -0.25) is 0 Å². The average Bonchev–Trinajstić information content (AvgIpc) is 2.89. The second-order valence-electron chi connectivity index (χ2n) is 4.24. The maximum atomic E-state index is 5.61. The first-order chi connectivity index (χ1) is 9.86. The fraction of sp³-hybridized carbons (Fsp3) is 0.200. The van der Waals surface area contributed by atoms with Crippen LogP contribution in [0.4, 0.5) is 6.01 Å². The van der Waals surface area contributed by atoms with E-state index in [0.717, 1.165) is 16.7 Å². The lowest BCUT2D eigenvalue weighted by Gasteiger charge is -2.08. The predicted octanol–water partition coefficient (Wildman–Crippen LogP) is 3.23. The molecule has 0 aliphatic heterocycles. The topological polar surface area (TPSA) is 60.2 Å². The van der Waals surface area contributed by atoms with E-state index in [0.29, 0.717) is 25.0 Å². The first kappa shape index (κ1) is 12.5. The van der Waals surface area contributed by atoms with Gasteiger partial charge in [-0.15, -0.1) is 0 Å². The minimum atomic E-state index is 0.498. The molecule has 102 valence electrons. The van der Waals surface area contributed by atoms with E-state index >= 15 is 0 Å². The number of hydrogen-bond acceptors (Lipinski definition) is 5. The van der Waals surface area contributed by atoms with Gasteiger partial charge in [0.05, 0.1) is 6.61 Å². The van der Waals surface area contributed by atoms with E-state index in [9.17, 15) is 0 Å². The number of benzene rings is 1. The number of nitrogens with zero attached hydrogens (tertiary/aromatic N) is 2. The largest absolute Gasteiger partial charge is 0.478 e. The van der Waals surface area contributed by atoms with Gasteiger partial charge in [0.1, 0.15) is 5.52 Å². The summed E-state index contributed by atoms with van der Waals surface area (Å²) in [6.07, 6.45) is 1.72. The number of oxazole rings is 1. The first-order valence-corrected chi connectivity index (χ1v) is 6.53. The van der Waals surface area contributed by atoms with Gasteiger partial charge in [0.2, 0.25) is 5.88 Å². The van der Waals surface area contributed by atoms with Gasteiger partial charge in [-0.05, 0) is 25.1 Å². The third kappa shape index (κ3) is 2.56. The van der Waals surface area contributed by atoms with E-state index in [1.54, 1.807) is 6.20 Å². The molecule has 2 aromatic heterocycles. The number of fused-ring (bicyclic) bond motifs is 1. The average molecular weight is 269 g/mol. The molecule has 0 spiro atoms. The lowest BCUT2D eigenvalue weighted by molar-refractivity contribution is 0.323. The fourth-order valence-corrected chi connectivity index (χ4v) is 1.94. The van der Waals surface area contributed by atoms with Crippen LogP contribution in [0.15, 0.2) is 47.0 Å². The molecule has 1 N–H and O–H groups in total. The molecule has 0 saturated carbocycles. The minimum Gasteiger partial charge on any atom is -0.478 e. The molecule has 0 radical (unpaired) electrons. The smallest absolute Gasteiger partial charge is 0.295 e. The van der Waals surface area contributed by atoms with Crippen LogP contribution in [0.25, 0.3) is 11.1 Å². The molecule has 0 saturated heterocycles. The Morgan fingerprint density at radius 3 is 2.95 bits per heavy atom. The summed E-state index contributed by atoms with van der Waals surface area (Å²) in [5.74, 6) is 0.638. The van der Waals surface area contributed by atoms with Gasteiger partial charge in [-0.25, -0.2) is 4.98 Å². The van der Waals surface area contributed by atoms with Gasteiger partial charge in [0, 0.05) is 18.3 Å². The Morgan fingerprint density at radius 1 is 1.20 bits per heavy atom. The summed E-state index contributed by atoms with van der Waals surface area (Å²) < 4.78 is 11.1. The molecule has 3 aromatic rings. The van der Waals surface area contributed by atoms with Crippen LogP contribution in [0, 0.1) is 0 Å².